The van der Waals surface area contributed by atoms with Crippen LogP contribution in [0.2, 0.25) is 0 Å². The highest BCUT2D eigenvalue weighted by atomic mass is 32.2. The minimum atomic E-state index is -0.539. The SMILES string of the molecule is CNC1(CCN2CCS(=O)CC2)CCCCC1. The first-order valence-electron chi connectivity index (χ1n) is 7.00. The lowest BCUT2D eigenvalue weighted by molar-refractivity contribution is 0.188. The van der Waals surface area contributed by atoms with Crippen molar-refractivity contribution < 1.29 is 4.21 Å². The third-order valence-corrected chi connectivity index (χ3v) is 5.79. The van der Waals surface area contributed by atoms with E-state index in [1.165, 1.54) is 45.1 Å². The highest BCUT2D eigenvalue weighted by Gasteiger charge is 2.30. The van der Waals surface area contributed by atoms with Crippen molar-refractivity contribution in [3.05, 3.63) is 0 Å². The van der Waals surface area contributed by atoms with E-state index in [-0.39, 0.29) is 0 Å². The van der Waals surface area contributed by atoms with Gasteiger partial charge in [-0.2, -0.15) is 0 Å². The molecule has 2 rings (SSSR count). The minimum Gasteiger partial charge on any atom is -0.314 e. The quantitative estimate of drug-likeness (QED) is 0.826. The van der Waals surface area contributed by atoms with Gasteiger partial charge in [0.1, 0.15) is 0 Å². The third kappa shape index (κ3) is 3.76. The fourth-order valence-electron chi connectivity index (χ4n) is 3.12. The molecule has 1 saturated carbocycles. The van der Waals surface area contributed by atoms with Crippen molar-refractivity contribution in [2.45, 2.75) is 44.1 Å². The maximum absolute atomic E-state index is 11.3. The van der Waals surface area contributed by atoms with Gasteiger partial charge in [0.25, 0.3) is 0 Å². The van der Waals surface area contributed by atoms with Crippen LogP contribution < -0.4 is 5.32 Å². The summed E-state index contributed by atoms with van der Waals surface area (Å²) in [5.74, 6) is 1.76. The number of nitrogens with zero attached hydrogens (tertiary/aromatic N) is 1. The average Bonchev–Trinajstić information content (AvgIpc) is 2.39. The Morgan fingerprint density at radius 3 is 2.41 bits per heavy atom. The lowest BCUT2D eigenvalue weighted by Crippen LogP contribution is -2.48. The fraction of sp³-hybridized carbons (Fsp3) is 1.00. The molecule has 0 radical (unpaired) electrons. The van der Waals surface area contributed by atoms with Crippen molar-refractivity contribution in [1.82, 2.24) is 10.2 Å². The molecule has 0 atom stereocenters. The first kappa shape index (κ1) is 13.5. The van der Waals surface area contributed by atoms with Crippen LogP contribution in [0.1, 0.15) is 38.5 Å². The number of rotatable bonds is 4. The first-order chi connectivity index (χ1) is 8.24. The van der Waals surface area contributed by atoms with Crippen LogP contribution in [0, 0.1) is 0 Å². The van der Waals surface area contributed by atoms with E-state index < -0.39 is 10.8 Å². The smallest absolute Gasteiger partial charge is 0.0363 e. The Labute approximate surface area is 108 Å². The zero-order valence-electron chi connectivity index (χ0n) is 11.0. The fourth-order valence-corrected chi connectivity index (χ4v) is 4.25. The number of hydrogen-bond acceptors (Lipinski definition) is 3. The van der Waals surface area contributed by atoms with E-state index >= 15 is 0 Å². The van der Waals surface area contributed by atoms with Gasteiger partial charge in [-0.15, -0.1) is 0 Å². The van der Waals surface area contributed by atoms with E-state index in [1.807, 2.05) is 0 Å². The van der Waals surface area contributed by atoms with Gasteiger partial charge in [-0.05, 0) is 32.9 Å². The molecule has 100 valence electrons. The van der Waals surface area contributed by atoms with Gasteiger partial charge in [-0.3, -0.25) is 4.21 Å². The maximum atomic E-state index is 11.3. The van der Waals surface area contributed by atoms with Crippen molar-refractivity contribution in [3.63, 3.8) is 0 Å². The highest BCUT2D eigenvalue weighted by molar-refractivity contribution is 7.85. The molecule has 0 aromatic rings. The molecule has 0 unspecified atom stereocenters. The van der Waals surface area contributed by atoms with Gasteiger partial charge in [-0.1, -0.05) is 19.3 Å². The molecule has 1 saturated heterocycles. The predicted molar refractivity (Wildman–Crippen MR) is 73.8 cm³/mol. The summed E-state index contributed by atoms with van der Waals surface area (Å²) < 4.78 is 11.3. The monoisotopic (exact) mass is 258 g/mol. The van der Waals surface area contributed by atoms with Crippen LogP contribution in [0.15, 0.2) is 0 Å². The van der Waals surface area contributed by atoms with Crippen molar-refractivity contribution >= 4 is 10.8 Å². The Hall–Kier alpha value is 0.0700. The molecule has 1 N–H and O–H groups in total. The van der Waals surface area contributed by atoms with Gasteiger partial charge < -0.3 is 10.2 Å². The largest absolute Gasteiger partial charge is 0.314 e. The molecule has 1 aliphatic heterocycles. The molecular weight excluding hydrogens is 232 g/mol. The van der Waals surface area contributed by atoms with Gasteiger partial charge in [-0.25, -0.2) is 0 Å². The average molecular weight is 258 g/mol. The van der Waals surface area contributed by atoms with E-state index in [4.69, 9.17) is 0 Å². The number of nitrogens with one attached hydrogen (secondary N) is 1. The van der Waals surface area contributed by atoms with E-state index in [0.717, 1.165) is 24.6 Å². The summed E-state index contributed by atoms with van der Waals surface area (Å²) >= 11 is 0. The molecule has 0 spiro atoms. The lowest BCUT2D eigenvalue weighted by Gasteiger charge is -2.39. The second-order valence-electron chi connectivity index (χ2n) is 5.53. The Morgan fingerprint density at radius 2 is 1.82 bits per heavy atom. The Balaban J connectivity index is 1.77. The van der Waals surface area contributed by atoms with Crippen LogP contribution in [-0.2, 0) is 10.8 Å². The Kier molecular flexibility index (Phi) is 5.00. The molecule has 0 aromatic heterocycles. The highest BCUT2D eigenvalue weighted by Crippen LogP contribution is 2.30. The van der Waals surface area contributed by atoms with Crippen LogP contribution in [0.25, 0.3) is 0 Å². The summed E-state index contributed by atoms with van der Waals surface area (Å²) in [4.78, 5) is 2.50. The first-order valence-corrected chi connectivity index (χ1v) is 8.49. The molecule has 1 aliphatic carbocycles. The topological polar surface area (TPSA) is 32.3 Å². The van der Waals surface area contributed by atoms with Crippen molar-refractivity contribution in [2.75, 3.05) is 38.2 Å². The molecule has 0 aromatic carbocycles. The number of hydrogen-bond donors (Lipinski definition) is 1. The van der Waals surface area contributed by atoms with Crippen LogP contribution in [-0.4, -0.2) is 52.8 Å². The Bertz CT molecular complexity index is 254. The predicted octanol–water partition coefficient (Wildman–Crippen LogP) is 1.36. The van der Waals surface area contributed by atoms with E-state index in [1.54, 1.807) is 0 Å². The van der Waals surface area contributed by atoms with Crippen LogP contribution in [0.3, 0.4) is 0 Å². The third-order valence-electron chi connectivity index (χ3n) is 4.52. The normalized spacial score (nSPS) is 27.1. The van der Waals surface area contributed by atoms with Crippen LogP contribution >= 0.6 is 0 Å². The second kappa shape index (κ2) is 6.30. The van der Waals surface area contributed by atoms with Crippen molar-refractivity contribution in [3.8, 4) is 0 Å². The van der Waals surface area contributed by atoms with Gasteiger partial charge in [0.05, 0.1) is 0 Å². The van der Waals surface area contributed by atoms with Crippen molar-refractivity contribution in [2.24, 2.45) is 0 Å². The van der Waals surface area contributed by atoms with Gasteiger partial charge in [0, 0.05) is 40.9 Å². The lowest BCUT2D eigenvalue weighted by atomic mass is 9.79. The molecule has 3 nitrogen and oxygen atoms in total. The summed E-state index contributed by atoms with van der Waals surface area (Å²) in [6, 6.07) is 0. The standard InChI is InChI=1S/C13H26N2OS/c1-14-13(5-3-2-4-6-13)7-8-15-9-11-17(16)12-10-15/h14H,2-12H2,1H3. The summed E-state index contributed by atoms with van der Waals surface area (Å²) in [5.41, 5.74) is 0.398. The van der Waals surface area contributed by atoms with Crippen molar-refractivity contribution in [1.29, 1.82) is 0 Å². The molecule has 4 heteroatoms. The molecular formula is C13H26N2OS. The summed E-state index contributed by atoms with van der Waals surface area (Å²) in [5, 5.41) is 3.58. The molecule has 2 fully saturated rings. The molecule has 17 heavy (non-hydrogen) atoms. The molecule has 1 heterocycles. The summed E-state index contributed by atoms with van der Waals surface area (Å²) in [6.07, 6.45) is 8.10. The summed E-state index contributed by atoms with van der Waals surface area (Å²) in [6.45, 7) is 3.25. The van der Waals surface area contributed by atoms with Crippen LogP contribution in [0.4, 0.5) is 0 Å². The van der Waals surface area contributed by atoms with Crippen LogP contribution in [0.5, 0.6) is 0 Å². The zero-order chi connectivity index (χ0) is 12.1. The summed E-state index contributed by atoms with van der Waals surface area (Å²) in [7, 11) is 1.58. The van der Waals surface area contributed by atoms with E-state index in [0.29, 0.717) is 5.54 Å². The van der Waals surface area contributed by atoms with E-state index in [9.17, 15) is 4.21 Å². The molecule has 2 aliphatic rings. The molecule has 0 bridgehead atoms. The molecule has 0 amide bonds. The maximum Gasteiger partial charge on any atom is 0.0363 e. The zero-order valence-corrected chi connectivity index (χ0v) is 11.9. The van der Waals surface area contributed by atoms with Gasteiger partial charge in [0.15, 0.2) is 0 Å². The minimum absolute atomic E-state index is 0.398. The second-order valence-corrected chi connectivity index (χ2v) is 7.23. The van der Waals surface area contributed by atoms with E-state index in [2.05, 4.69) is 17.3 Å². The Morgan fingerprint density at radius 1 is 1.18 bits per heavy atom. The van der Waals surface area contributed by atoms with Gasteiger partial charge >= 0.3 is 0 Å². The van der Waals surface area contributed by atoms with Gasteiger partial charge in [0.2, 0.25) is 0 Å².